The number of methoxy groups -OCH3 is 1. The maximum atomic E-state index is 13.0. The first-order valence-electron chi connectivity index (χ1n) is 7.34. The highest BCUT2D eigenvalue weighted by Gasteiger charge is 2.42. The van der Waals surface area contributed by atoms with Crippen LogP contribution in [0, 0.1) is 0 Å². The van der Waals surface area contributed by atoms with E-state index in [2.05, 4.69) is 4.74 Å². The molecule has 0 fully saturated rings. The average Bonchev–Trinajstić information content (AvgIpc) is 2.58. The molecule has 0 spiro atoms. The summed E-state index contributed by atoms with van der Waals surface area (Å²) in [4.78, 5) is 12.3. The van der Waals surface area contributed by atoms with Gasteiger partial charge in [0.1, 0.15) is 0 Å². The lowest BCUT2D eigenvalue weighted by atomic mass is 10.00. The molecule has 24 heavy (non-hydrogen) atoms. The largest absolute Gasteiger partial charge is 0.449 e. The van der Waals surface area contributed by atoms with E-state index in [4.69, 9.17) is 4.74 Å². The molecule has 2 aromatic carbocycles. The highest BCUT2D eigenvalue weighted by molar-refractivity contribution is 5.97. The van der Waals surface area contributed by atoms with Crippen molar-refractivity contribution < 1.29 is 27.4 Å². The Bertz CT molecular complexity index is 669. The number of ether oxygens (including phenoxy) is 2. The summed E-state index contributed by atoms with van der Waals surface area (Å²) in [5.74, 6) is -1.01. The number of alkyl halides is 3. The second-order valence-electron chi connectivity index (χ2n) is 5.13. The van der Waals surface area contributed by atoms with Crippen molar-refractivity contribution in [1.82, 2.24) is 0 Å². The predicted molar refractivity (Wildman–Crippen MR) is 83.6 cm³/mol. The van der Waals surface area contributed by atoms with Crippen molar-refractivity contribution >= 4 is 5.97 Å². The summed E-state index contributed by atoms with van der Waals surface area (Å²) < 4.78 is 48.4. The molecule has 0 heterocycles. The molecule has 0 unspecified atom stereocenters. The molecule has 0 amide bonds. The second-order valence-corrected chi connectivity index (χ2v) is 5.13. The van der Waals surface area contributed by atoms with Crippen molar-refractivity contribution in [2.45, 2.75) is 18.7 Å². The maximum Gasteiger partial charge on any atom is 0.425 e. The monoisotopic (exact) mass is 338 g/mol. The summed E-state index contributed by atoms with van der Waals surface area (Å²) in [6.07, 6.45) is -7.29. The van der Waals surface area contributed by atoms with Crippen LogP contribution in [0.5, 0.6) is 0 Å². The van der Waals surface area contributed by atoms with Gasteiger partial charge in [-0.15, -0.1) is 0 Å². The number of benzene rings is 2. The lowest BCUT2D eigenvalue weighted by Crippen LogP contribution is -2.35. The van der Waals surface area contributed by atoms with Gasteiger partial charge in [-0.05, 0) is 17.2 Å². The molecule has 0 aliphatic rings. The fourth-order valence-corrected chi connectivity index (χ4v) is 2.24. The van der Waals surface area contributed by atoms with Crippen LogP contribution in [-0.4, -0.2) is 32.0 Å². The van der Waals surface area contributed by atoms with Gasteiger partial charge in [0.2, 0.25) is 0 Å². The molecule has 0 N–H and O–H groups in total. The lowest BCUT2D eigenvalue weighted by molar-refractivity contribution is -0.208. The molecule has 0 radical (unpaired) electrons. The van der Waals surface area contributed by atoms with Gasteiger partial charge in [-0.1, -0.05) is 48.5 Å². The standard InChI is InChI=1S/C18H17F3O3/c1-23-12-11-16(18(19,20)21)24-17(22)15-10-6-5-9-14(15)13-7-3-2-4-8-13/h2-10,16H,11-12H2,1H3/t16-/m1/s1. The van der Waals surface area contributed by atoms with E-state index >= 15 is 0 Å². The third-order valence-corrected chi connectivity index (χ3v) is 3.43. The predicted octanol–water partition coefficient (Wildman–Crippen LogP) is 4.48. The first-order chi connectivity index (χ1) is 11.4. The van der Waals surface area contributed by atoms with Crippen molar-refractivity contribution in [1.29, 1.82) is 0 Å². The van der Waals surface area contributed by atoms with Gasteiger partial charge >= 0.3 is 12.1 Å². The Balaban J connectivity index is 2.26. The quantitative estimate of drug-likeness (QED) is 0.729. The SMILES string of the molecule is COCC[C@@H](OC(=O)c1ccccc1-c1ccccc1)C(F)(F)F. The highest BCUT2D eigenvalue weighted by Crippen LogP contribution is 2.29. The fourth-order valence-electron chi connectivity index (χ4n) is 2.24. The molecule has 0 aliphatic heterocycles. The number of carbonyl (C=O) groups is 1. The van der Waals surface area contributed by atoms with Gasteiger partial charge in [0.25, 0.3) is 0 Å². The number of esters is 1. The topological polar surface area (TPSA) is 35.5 Å². The van der Waals surface area contributed by atoms with Crippen LogP contribution in [0.25, 0.3) is 11.1 Å². The molecule has 0 bridgehead atoms. The van der Waals surface area contributed by atoms with E-state index in [0.717, 1.165) is 5.56 Å². The third kappa shape index (κ3) is 4.58. The molecular formula is C18H17F3O3. The number of hydrogen-bond donors (Lipinski definition) is 0. The Morgan fingerprint density at radius 1 is 1.04 bits per heavy atom. The van der Waals surface area contributed by atoms with E-state index < -0.39 is 24.7 Å². The summed E-state index contributed by atoms with van der Waals surface area (Å²) in [5.41, 5.74) is 1.34. The van der Waals surface area contributed by atoms with E-state index in [9.17, 15) is 18.0 Å². The van der Waals surface area contributed by atoms with Crippen LogP contribution >= 0.6 is 0 Å². The number of hydrogen-bond acceptors (Lipinski definition) is 3. The zero-order valence-corrected chi connectivity index (χ0v) is 13.0. The second kappa shape index (κ2) is 7.97. The van der Waals surface area contributed by atoms with Gasteiger partial charge in [0, 0.05) is 13.5 Å². The summed E-state index contributed by atoms with van der Waals surface area (Å²) in [5, 5.41) is 0. The van der Waals surface area contributed by atoms with Crippen LogP contribution in [0.3, 0.4) is 0 Å². The Hall–Kier alpha value is -2.34. The number of rotatable bonds is 6. The summed E-state index contributed by atoms with van der Waals surface area (Å²) in [7, 11) is 1.29. The van der Waals surface area contributed by atoms with E-state index in [1.807, 2.05) is 6.07 Å². The zero-order valence-electron chi connectivity index (χ0n) is 13.0. The minimum Gasteiger partial charge on any atom is -0.449 e. The smallest absolute Gasteiger partial charge is 0.425 e. The van der Waals surface area contributed by atoms with E-state index in [0.29, 0.717) is 5.56 Å². The van der Waals surface area contributed by atoms with Crippen LogP contribution in [-0.2, 0) is 9.47 Å². The molecule has 6 heteroatoms. The van der Waals surface area contributed by atoms with Crippen LogP contribution in [0.4, 0.5) is 13.2 Å². The molecule has 128 valence electrons. The maximum absolute atomic E-state index is 13.0. The van der Waals surface area contributed by atoms with Gasteiger partial charge in [0.05, 0.1) is 12.2 Å². The molecule has 3 nitrogen and oxygen atoms in total. The van der Waals surface area contributed by atoms with Gasteiger partial charge in [-0.2, -0.15) is 13.2 Å². The summed E-state index contributed by atoms with van der Waals surface area (Å²) in [6, 6.07) is 15.4. The van der Waals surface area contributed by atoms with E-state index in [-0.39, 0.29) is 12.2 Å². The lowest BCUT2D eigenvalue weighted by Gasteiger charge is -2.21. The van der Waals surface area contributed by atoms with Crippen molar-refractivity contribution in [3.05, 3.63) is 60.2 Å². The van der Waals surface area contributed by atoms with Gasteiger partial charge < -0.3 is 9.47 Å². The minimum absolute atomic E-state index is 0.0929. The Morgan fingerprint density at radius 2 is 1.67 bits per heavy atom. The Kier molecular flexibility index (Phi) is 5.98. The molecule has 2 rings (SSSR count). The van der Waals surface area contributed by atoms with Crippen LogP contribution in [0.15, 0.2) is 54.6 Å². The molecule has 0 saturated carbocycles. The first-order valence-corrected chi connectivity index (χ1v) is 7.34. The van der Waals surface area contributed by atoms with Crippen molar-refractivity contribution in [3.8, 4) is 11.1 Å². The molecule has 2 aromatic rings. The van der Waals surface area contributed by atoms with Crippen molar-refractivity contribution in [2.75, 3.05) is 13.7 Å². The van der Waals surface area contributed by atoms with Crippen molar-refractivity contribution in [2.24, 2.45) is 0 Å². The van der Waals surface area contributed by atoms with E-state index in [1.165, 1.54) is 13.2 Å². The first kappa shape index (κ1) is 18.0. The molecule has 0 aromatic heterocycles. The summed E-state index contributed by atoms with van der Waals surface area (Å²) >= 11 is 0. The Morgan fingerprint density at radius 3 is 2.29 bits per heavy atom. The minimum atomic E-state index is -4.64. The highest BCUT2D eigenvalue weighted by atomic mass is 19.4. The molecular weight excluding hydrogens is 321 g/mol. The molecule has 0 aliphatic carbocycles. The van der Waals surface area contributed by atoms with Crippen LogP contribution < -0.4 is 0 Å². The zero-order chi connectivity index (χ0) is 17.6. The van der Waals surface area contributed by atoms with Crippen LogP contribution in [0.2, 0.25) is 0 Å². The normalized spacial score (nSPS) is 12.7. The van der Waals surface area contributed by atoms with Crippen LogP contribution in [0.1, 0.15) is 16.8 Å². The average molecular weight is 338 g/mol. The van der Waals surface area contributed by atoms with Gasteiger partial charge in [-0.3, -0.25) is 0 Å². The van der Waals surface area contributed by atoms with E-state index in [1.54, 1.807) is 42.5 Å². The molecule has 0 saturated heterocycles. The fraction of sp³-hybridized carbons (Fsp3) is 0.278. The number of halogens is 3. The number of carbonyl (C=O) groups excluding carboxylic acids is 1. The molecule has 1 atom stereocenters. The third-order valence-electron chi connectivity index (χ3n) is 3.43. The summed E-state index contributed by atoms with van der Waals surface area (Å²) in [6.45, 7) is -0.155. The Labute approximate surface area is 138 Å². The van der Waals surface area contributed by atoms with Gasteiger partial charge in [-0.25, -0.2) is 4.79 Å². The van der Waals surface area contributed by atoms with Crippen molar-refractivity contribution in [3.63, 3.8) is 0 Å². The van der Waals surface area contributed by atoms with Gasteiger partial charge in [0.15, 0.2) is 6.10 Å².